The molecular formula is C15H13BrN4O. The van der Waals surface area contributed by atoms with Crippen molar-refractivity contribution in [2.45, 2.75) is 6.54 Å². The summed E-state index contributed by atoms with van der Waals surface area (Å²) in [5.74, 6) is 0. The standard InChI is InChI=1S/C15H13BrN4O/c16-12-4-1-10(2-5-12)8-17-15(21)19-13-6-3-11-9-18-20-14(11)7-13/h1-7,9H,8H2,(H,18,20)(H2,17,19,21). The Morgan fingerprint density at radius 3 is 2.81 bits per heavy atom. The highest BCUT2D eigenvalue weighted by Crippen LogP contribution is 2.16. The molecule has 3 rings (SSSR count). The van der Waals surface area contributed by atoms with Crippen LogP contribution in [0.4, 0.5) is 10.5 Å². The van der Waals surface area contributed by atoms with E-state index < -0.39 is 0 Å². The van der Waals surface area contributed by atoms with Gasteiger partial charge in [0.15, 0.2) is 0 Å². The predicted molar refractivity (Wildman–Crippen MR) is 86.1 cm³/mol. The normalized spacial score (nSPS) is 10.5. The number of nitrogens with one attached hydrogen (secondary N) is 3. The van der Waals surface area contributed by atoms with Crippen LogP contribution in [0.15, 0.2) is 53.1 Å². The summed E-state index contributed by atoms with van der Waals surface area (Å²) >= 11 is 3.38. The Morgan fingerprint density at radius 1 is 1.19 bits per heavy atom. The Labute approximate surface area is 129 Å². The molecule has 0 aliphatic heterocycles. The van der Waals surface area contributed by atoms with Crippen molar-refractivity contribution in [3.05, 3.63) is 58.7 Å². The molecule has 1 aromatic heterocycles. The number of benzene rings is 2. The van der Waals surface area contributed by atoms with E-state index >= 15 is 0 Å². The van der Waals surface area contributed by atoms with Gasteiger partial charge in [-0.2, -0.15) is 5.10 Å². The van der Waals surface area contributed by atoms with Gasteiger partial charge in [0, 0.05) is 22.1 Å². The summed E-state index contributed by atoms with van der Waals surface area (Å²) in [4.78, 5) is 11.9. The summed E-state index contributed by atoms with van der Waals surface area (Å²) < 4.78 is 1.02. The van der Waals surface area contributed by atoms with Gasteiger partial charge in [0.2, 0.25) is 0 Å². The number of anilines is 1. The lowest BCUT2D eigenvalue weighted by atomic mass is 10.2. The molecule has 0 unspecified atom stereocenters. The first-order valence-corrected chi connectivity index (χ1v) is 7.22. The van der Waals surface area contributed by atoms with Gasteiger partial charge in [-0.05, 0) is 35.9 Å². The number of H-pyrrole nitrogens is 1. The van der Waals surface area contributed by atoms with E-state index in [1.54, 1.807) is 6.20 Å². The molecule has 0 bridgehead atoms. The Morgan fingerprint density at radius 2 is 2.00 bits per heavy atom. The number of carbonyl (C=O) groups excluding carboxylic acids is 1. The van der Waals surface area contributed by atoms with Crippen molar-refractivity contribution < 1.29 is 4.79 Å². The Hall–Kier alpha value is -2.34. The van der Waals surface area contributed by atoms with Crippen molar-refractivity contribution in [3.63, 3.8) is 0 Å². The fourth-order valence-electron chi connectivity index (χ4n) is 1.97. The zero-order valence-corrected chi connectivity index (χ0v) is 12.6. The highest BCUT2D eigenvalue weighted by Gasteiger charge is 2.03. The molecule has 0 saturated heterocycles. The van der Waals surface area contributed by atoms with E-state index in [-0.39, 0.29) is 6.03 Å². The van der Waals surface area contributed by atoms with Crippen LogP contribution in [0.2, 0.25) is 0 Å². The summed E-state index contributed by atoms with van der Waals surface area (Å²) in [6.07, 6.45) is 1.74. The van der Waals surface area contributed by atoms with Crippen LogP contribution < -0.4 is 10.6 Å². The minimum atomic E-state index is -0.239. The maximum absolute atomic E-state index is 11.9. The van der Waals surface area contributed by atoms with E-state index in [1.165, 1.54) is 0 Å². The van der Waals surface area contributed by atoms with Gasteiger partial charge in [-0.25, -0.2) is 4.79 Å². The van der Waals surface area contributed by atoms with Gasteiger partial charge in [-0.1, -0.05) is 28.1 Å². The molecule has 3 N–H and O–H groups in total. The van der Waals surface area contributed by atoms with Crippen molar-refractivity contribution >= 4 is 38.6 Å². The third-order valence-electron chi connectivity index (χ3n) is 3.07. The number of aromatic nitrogens is 2. The highest BCUT2D eigenvalue weighted by molar-refractivity contribution is 9.10. The van der Waals surface area contributed by atoms with Crippen molar-refractivity contribution in [1.29, 1.82) is 0 Å². The summed E-state index contributed by atoms with van der Waals surface area (Å²) in [5.41, 5.74) is 2.65. The fraction of sp³-hybridized carbons (Fsp3) is 0.0667. The van der Waals surface area contributed by atoms with E-state index in [9.17, 15) is 4.79 Å². The van der Waals surface area contributed by atoms with E-state index in [4.69, 9.17) is 0 Å². The Kier molecular flexibility index (Phi) is 3.87. The number of fused-ring (bicyclic) bond motifs is 1. The average molecular weight is 345 g/mol. The topological polar surface area (TPSA) is 69.8 Å². The first kappa shape index (κ1) is 13.6. The molecule has 2 amide bonds. The van der Waals surface area contributed by atoms with Crippen molar-refractivity contribution in [3.8, 4) is 0 Å². The molecule has 0 aliphatic rings. The Bertz CT molecular complexity index is 767. The molecule has 0 saturated carbocycles. The number of aromatic amines is 1. The maximum atomic E-state index is 11.9. The molecule has 106 valence electrons. The summed E-state index contributed by atoms with van der Waals surface area (Å²) in [7, 11) is 0. The molecule has 1 heterocycles. The number of nitrogens with zero attached hydrogens (tertiary/aromatic N) is 1. The SMILES string of the molecule is O=C(NCc1ccc(Br)cc1)Nc1ccc2cn[nH]c2c1. The zero-order valence-electron chi connectivity index (χ0n) is 11.1. The second kappa shape index (κ2) is 5.97. The van der Waals surface area contributed by atoms with Crippen molar-refractivity contribution in [2.75, 3.05) is 5.32 Å². The molecule has 0 fully saturated rings. The second-order valence-corrected chi connectivity index (χ2v) is 5.52. The van der Waals surface area contributed by atoms with E-state index in [0.717, 1.165) is 26.6 Å². The lowest BCUT2D eigenvalue weighted by Crippen LogP contribution is -2.28. The minimum Gasteiger partial charge on any atom is -0.334 e. The zero-order chi connectivity index (χ0) is 14.7. The second-order valence-electron chi connectivity index (χ2n) is 4.61. The summed E-state index contributed by atoms with van der Waals surface area (Å²) in [6.45, 7) is 0.478. The van der Waals surface area contributed by atoms with Crippen LogP contribution in [0.3, 0.4) is 0 Å². The fourth-order valence-corrected chi connectivity index (χ4v) is 2.24. The molecule has 21 heavy (non-hydrogen) atoms. The molecule has 0 atom stereocenters. The molecule has 0 spiro atoms. The number of hydrogen-bond acceptors (Lipinski definition) is 2. The molecule has 0 radical (unpaired) electrons. The van der Waals surface area contributed by atoms with Gasteiger partial charge in [-0.3, -0.25) is 5.10 Å². The van der Waals surface area contributed by atoms with Crippen LogP contribution in [0.5, 0.6) is 0 Å². The van der Waals surface area contributed by atoms with Crippen LogP contribution >= 0.6 is 15.9 Å². The number of carbonyl (C=O) groups is 1. The summed E-state index contributed by atoms with van der Waals surface area (Å²) in [6, 6.07) is 13.2. The van der Waals surface area contributed by atoms with Gasteiger partial charge in [0.25, 0.3) is 0 Å². The monoisotopic (exact) mass is 344 g/mol. The van der Waals surface area contributed by atoms with Gasteiger partial charge < -0.3 is 10.6 Å². The lowest BCUT2D eigenvalue weighted by Gasteiger charge is -2.08. The predicted octanol–water partition coefficient (Wildman–Crippen LogP) is 3.65. The van der Waals surface area contributed by atoms with Gasteiger partial charge >= 0.3 is 6.03 Å². The van der Waals surface area contributed by atoms with Crippen molar-refractivity contribution in [1.82, 2.24) is 15.5 Å². The maximum Gasteiger partial charge on any atom is 0.319 e. The number of halogens is 1. The first-order valence-electron chi connectivity index (χ1n) is 6.43. The molecule has 5 nitrogen and oxygen atoms in total. The molecule has 2 aromatic carbocycles. The molecule has 3 aromatic rings. The van der Waals surface area contributed by atoms with E-state index in [0.29, 0.717) is 6.54 Å². The third kappa shape index (κ3) is 3.41. The van der Waals surface area contributed by atoms with E-state index in [1.807, 2.05) is 42.5 Å². The van der Waals surface area contributed by atoms with Crippen LogP contribution in [-0.4, -0.2) is 16.2 Å². The number of urea groups is 1. The quantitative estimate of drug-likeness (QED) is 0.678. The van der Waals surface area contributed by atoms with Crippen LogP contribution in [0.1, 0.15) is 5.56 Å². The third-order valence-corrected chi connectivity index (χ3v) is 3.59. The highest BCUT2D eigenvalue weighted by atomic mass is 79.9. The van der Waals surface area contributed by atoms with Crippen LogP contribution in [0.25, 0.3) is 10.9 Å². The van der Waals surface area contributed by atoms with E-state index in [2.05, 4.69) is 36.8 Å². The van der Waals surface area contributed by atoms with Crippen LogP contribution in [-0.2, 0) is 6.54 Å². The first-order chi connectivity index (χ1) is 10.2. The van der Waals surface area contributed by atoms with Crippen LogP contribution in [0, 0.1) is 0 Å². The molecular weight excluding hydrogens is 332 g/mol. The van der Waals surface area contributed by atoms with Gasteiger partial charge in [0.1, 0.15) is 0 Å². The smallest absolute Gasteiger partial charge is 0.319 e. The van der Waals surface area contributed by atoms with Crippen molar-refractivity contribution in [2.24, 2.45) is 0 Å². The molecule has 6 heteroatoms. The minimum absolute atomic E-state index is 0.239. The number of hydrogen-bond donors (Lipinski definition) is 3. The van der Waals surface area contributed by atoms with Gasteiger partial charge in [0.05, 0.1) is 11.7 Å². The largest absolute Gasteiger partial charge is 0.334 e. The number of rotatable bonds is 3. The Balaban J connectivity index is 1.59. The molecule has 0 aliphatic carbocycles. The lowest BCUT2D eigenvalue weighted by molar-refractivity contribution is 0.251. The number of amides is 2. The average Bonchev–Trinajstić information content (AvgIpc) is 2.94. The van der Waals surface area contributed by atoms with Gasteiger partial charge in [-0.15, -0.1) is 0 Å². The summed E-state index contributed by atoms with van der Waals surface area (Å²) in [5, 5.41) is 13.4.